The van der Waals surface area contributed by atoms with Crippen LogP contribution >= 0.6 is 0 Å². The van der Waals surface area contributed by atoms with Gasteiger partial charge in [-0.1, -0.05) is 19.1 Å². The molecule has 1 aromatic heterocycles. The number of carboxylic acid groups (broad SMARTS) is 1. The second-order valence-electron chi connectivity index (χ2n) is 6.78. The van der Waals surface area contributed by atoms with Crippen molar-refractivity contribution in [3.63, 3.8) is 0 Å². The Morgan fingerprint density at radius 1 is 1.31 bits per heavy atom. The molecule has 2 heterocycles. The first-order chi connectivity index (χ1) is 12.3. The smallest absolute Gasteiger partial charge is 0.335 e. The second-order valence-corrected chi connectivity index (χ2v) is 6.78. The third-order valence-corrected chi connectivity index (χ3v) is 4.52. The molecular weight excluding hydrogens is 334 g/mol. The zero-order chi connectivity index (χ0) is 18.9. The van der Waals surface area contributed by atoms with Gasteiger partial charge < -0.3 is 21.3 Å². The van der Waals surface area contributed by atoms with Crippen LogP contribution < -0.4 is 16.2 Å². The van der Waals surface area contributed by atoms with Crippen molar-refractivity contribution in [1.29, 1.82) is 0 Å². The topological polar surface area (TPSA) is 128 Å². The molecule has 3 rings (SSSR count). The number of carboxylic acids is 1. The van der Waals surface area contributed by atoms with Gasteiger partial charge in [0.05, 0.1) is 11.1 Å². The number of anilines is 2. The fourth-order valence-corrected chi connectivity index (χ4v) is 3.24. The maximum absolute atomic E-state index is 11.0. The number of carbonyl (C=O) groups is 1. The van der Waals surface area contributed by atoms with Crippen LogP contribution in [0.15, 0.2) is 24.3 Å². The van der Waals surface area contributed by atoms with Crippen molar-refractivity contribution in [3.8, 4) is 5.88 Å². The van der Waals surface area contributed by atoms with Gasteiger partial charge in [0, 0.05) is 19.5 Å². The van der Waals surface area contributed by atoms with E-state index in [1.807, 2.05) is 19.1 Å². The normalized spacial score (nSPS) is 18.6. The molecule has 8 heteroatoms. The van der Waals surface area contributed by atoms with E-state index in [4.69, 9.17) is 21.3 Å². The van der Waals surface area contributed by atoms with Crippen LogP contribution in [-0.2, 0) is 13.0 Å². The van der Waals surface area contributed by atoms with E-state index in [1.165, 1.54) is 0 Å². The van der Waals surface area contributed by atoms with Gasteiger partial charge in [0.1, 0.15) is 11.4 Å². The number of rotatable bonds is 6. The van der Waals surface area contributed by atoms with E-state index in [0.717, 1.165) is 17.7 Å². The number of ether oxygens (including phenoxy) is 1. The summed E-state index contributed by atoms with van der Waals surface area (Å²) < 4.78 is 6.05. The van der Waals surface area contributed by atoms with Crippen molar-refractivity contribution in [2.45, 2.75) is 32.4 Å². The molecule has 138 valence electrons. The van der Waals surface area contributed by atoms with Gasteiger partial charge >= 0.3 is 5.97 Å². The Balaban J connectivity index is 1.70. The first kappa shape index (κ1) is 17.9. The highest BCUT2D eigenvalue weighted by atomic mass is 16.5. The molecule has 0 saturated heterocycles. The third kappa shape index (κ3) is 3.70. The largest absolute Gasteiger partial charge is 0.478 e. The minimum absolute atomic E-state index is 0.108. The number of nitrogens with two attached hydrogens (primary N) is 2. The Morgan fingerprint density at radius 3 is 2.62 bits per heavy atom. The highest BCUT2D eigenvalue weighted by molar-refractivity contribution is 5.87. The highest BCUT2D eigenvalue weighted by Crippen LogP contribution is 2.37. The summed E-state index contributed by atoms with van der Waals surface area (Å²) in [4.78, 5) is 21.3. The molecule has 0 fully saturated rings. The molecule has 0 radical (unpaired) electrons. The van der Waals surface area contributed by atoms with Crippen molar-refractivity contribution in [2.75, 3.05) is 24.6 Å². The Labute approximate surface area is 151 Å². The first-order valence-electron chi connectivity index (χ1n) is 8.45. The molecular formula is C18H23N5O3. The fourth-order valence-electron chi connectivity index (χ4n) is 3.24. The summed E-state index contributed by atoms with van der Waals surface area (Å²) in [6, 6.07) is 6.91. The summed E-state index contributed by atoms with van der Waals surface area (Å²) in [6.45, 7) is 6.26. The number of aromatic nitrogens is 2. The molecule has 5 N–H and O–H groups in total. The minimum atomic E-state index is -0.925. The van der Waals surface area contributed by atoms with E-state index >= 15 is 0 Å². The van der Waals surface area contributed by atoms with Gasteiger partial charge in [0.15, 0.2) is 0 Å². The summed E-state index contributed by atoms with van der Waals surface area (Å²) in [7, 11) is 0. The molecule has 26 heavy (non-hydrogen) atoms. The number of likely N-dealkylation sites (N-methyl/N-ethyl adjacent to an activating group) is 1. The van der Waals surface area contributed by atoms with Crippen LogP contribution in [0.25, 0.3) is 0 Å². The van der Waals surface area contributed by atoms with Crippen molar-refractivity contribution in [3.05, 3.63) is 41.0 Å². The van der Waals surface area contributed by atoms with Crippen LogP contribution in [0.5, 0.6) is 5.88 Å². The van der Waals surface area contributed by atoms with Crippen LogP contribution in [0.4, 0.5) is 11.8 Å². The molecule has 1 aliphatic rings. The Bertz CT molecular complexity index is 824. The van der Waals surface area contributed by atoms with Crippen LogP contribution in [-0.4, -0.2) is 44.6 Å². The van der Waals surface area contributed by atoms with Gasteiger partial charge in [0.2, 0.25) is 11.8 Å². The lowest BCUT2D eigenvalue weighted by molar-refractivity contribution is 0.0591. The van der Waals surface area contributed by atoms with Gasteiger partial charge in [-0.05, 0) is 31.2 Å². The number of hydrogen-bond acceptors (Lipinski definition) is 7. The lowest BCUT2D eigenvalue weighted by Gasteiger charge is -2.31. The molecule has 0 unspecified atom stereocenters. The molecule has 0 aliphatic carbocycles. The Morgan fingerprint density at radius 2 is 2.00 bits per heavy atom. The monoisotopic (exact) mass is 357 g/mol. The number of nitrogens with zero attached hydrogens (tertiary/aromatic N) is 3. The number of nitrogen functional groups attached to an aromatic ring is 2. The summed E-state index contributed by atoms with van der Waals surface area (Å²) in [5.74, 6) is 0.00534. The van der Waals surface area contributed by atoms with Crippen LogP contribution in [0.2, 0.25) is 0 Å². The lowest BCUT2D eigenvalue weighted by atomic mass is 9.99. The van der Waals surface area contributed by atoms with E-state index in [1.54, 1.807) is 12.1 Å². The van der Waals surface area contributed by atoms with E-state index in [2.05, 4.69) is 21.8 Å². The standard InChI is InChI=1S/C18H23N5O3/c1-3-23(9-11-4-6-12(7-5-11)16(24)25)10-18(2)8-13-14(19)21-17(20)22-15(13)26-18/h4-7H,3,8-10H2,1-2H3,(H,24,25)(H4,19,20,21,22)/t18-/m1/s1. The zero-order valence-corrected chi connectivity index (χ0v) is 14.9. The van der Waals surface area contributed by atoms with Gasteiger partial charge in [0.25, 0.3) is 0 Å². The van der Waals surface area contributed by atoms with Gasteiger partial charge in [-0.2, -0.15) is 9.97 Å². The molecule has 1 aliphatic heterocycles. The van der Waals surface area contributed by atoms with Gasteiger partial charge in [-0.3, -0.25) is 4.90 Å². The molecule has 8 nitrogen and oxygen atoms in total. The molecule has 2 aromatic rings. The predicted octanol–water partition coefficient (Wildman–Crippen LogP) is 1.55. The van der Waals surface area contributed by atoms with E-state index in [-0.39, 0.29) is 11.5 Å². The maximum Gasteiger partial charge on any atom is 0.335 e. The van der Waals surface area contributed by atoms with Crippen LogP contribution in [0, 0.1) is 0 Å². The summed E-state index contributed by atoms with van der Waals surface area (Å²) in [5, 5.41) is 9.00. The summed E-state index contributed by atoms with van der Waals surface area (Å²) in [5.41, 5.74) is 13.2. The minimum Gasteiger partial charge on any atom is -0.478 e. The molecule has 0 bridgehead atoms. The van der Waals surface area contributed by atoms with Crippen molar-refractivity contribution in [1.82, 2.24) is 14.9 Å². The lowest BCUT2D eigenvalue weighted by Crippen LogP contribution is -2.44. The highest BCUT2D eigenvalue weighted by Gasteiger charge is 2.39. The molecule has 0 amide bonds. The number of benzene rings is 1. The molecule has 0 spiro atoms. The van der Waals surface area contributed by atoms with E-state index in [9.17, 15) is 4.79 Å². The predicted molar refractivity (Wildman–Crippen MR) is 97.9 cm³/mol. The zero-order valence-electron chi connectivity index (χ0n) is 14.9. The summed E-state index contributed by atoms with van der Waals surface area (Å²) in [6.07, 6.45) is 0.614. The van der Waals surface area contributed by atoms with Gasteiger partial charge in [-0.15, -0.1) is 0 Å². The Kier molecular flexibility index (Phi) is 4.69. The van der Waals surface area contributed by atoms with Crippen molar-refractivity contribution >= 4 is 17.7 Å². The van der Waals surface area contributed by atoms with Crippen molar-refractivity contribution in [2.24, 2.45) is 0 Å². The fraction of sp³-hybridized carbons (Fsp3) is 0.389. The number of hydrogen-bond donors (Lipinski definition) is 3. The molecule has 1 aromatic carbocycles. The first-order valence-corrected chi connectivity index (χ1v) is 8.45. The quantitative estimate of drug-likeness (QED) is 0.710. The van der Waals surface area contributed by atoms with Crippen molar-refractivity contribution < 1.29 is 14.6 Å². The van der Waals surface area contributed by atoms with E-state index in [0.29, 0.717) is 31.2 Å². The second kappa shape index (κ2) is 6.80. The molecule has 1 atom stereocenters. The summed E-state index contributed by atoms with van der Waals surface area (Å²) >= 11 is 0. The molecule has 0 saturated carbocycles. The maximum atomic E-state index is 11.0. The Hall–Kier alpha value is -2.87. The van der Waals surface area contributed by atoms with Crippen LogP contribution in [0.1, 0.15) is 35.3 Å². The number of fused-ring (bicyclic) bond motifs is 1. The average molecular weight is 357 g/mol. The van der Waals surface area contributed by atoms with Gasteiger partial charge in [-0.25, -0.2) is 4.79 Å². The SMILES string of the molecule is CCN(Cc1ccc(C(=O)O)cc1)C[C@@]1(C)Cc2c(N)nc(N)nc2O1. The third-order valence-electron chi connectivity index (χ3n) is 4.52. The number of aromatic carboxylic acids is 1. The average Bonchev–Trinajstić information content (AvgIpc) is 2.91. The van der Waals surface area contributed by atoms with Crippen LogP contribution in [0.3, 0.4) is 0 Å². The van der Waals surface area contributed by atoms with E-state index < -0.39 is 11.6 Å².